The summed E-state index contributed by atoms with van der Waals surface area (Å²) in [4.78, 5) is 34.7. The molecule has 6 nitrogen and oxygen atoms in total. The van der Waals surface area contributed by atoms with Gasteiger partial charge in [0.25, 0.3) is 5.56 Å². The Morgan fingerprint density at radius 1 is 1.25 bits per heavy atom. The summed E-state index contributed by atoms with van der Waals surface area (Å²) in [6.07, 6.45) is 7.26. The van der Waals surface area contributed by atoms with Gasteiger partial charge in [-0.3, -0.25) is 14.2 Å². The third-order valence-electron chi connectivity index (χ3n) is 4.08. The van der Waals surface area contributed by atoms with Crippen LogP contribution < -0.4 is 5.56 Å². The van der Waals surface area contributed by atoms with Crippen LogP contribution in [0, 0.1) is 0 Å². The molecule has 0 radical (unpaired) electrons. The number of carbonyl (C=O) groups is 1. The van der Waals surface area contributed by atoms with E-state index in [1.807, 2.05) is 0 Å². The molecule has 4 rings (SSSR count). The van der Waals surface area contributed by atoms with Crippen molar-refractivity contribution < 1.29 is 9.53 Å². The molecule has 3 aromatic heterocycles. The molecule has 0 aliphatic heterocycles. The smallest absolute Gasteiger partial charge is 0.338 e. The van der Waals surface area contributed by atoms with Crippen molar-refractivity contribution in [3.63, 3.8) is 0 Å². The number of pyridine rings is 1. The van der Waals surface area contributed by atoms with Crippen molar-refractivity contribution in [1.82, 2.24) is 14.4 Å². The second-order valence-electron chi connectivity index (χ2n) is 5.69. The molecule has 0 atom stereocenters. The molecule has 0 amide bonds. The third-order valence-corrected chi connectivity index (χ3v) is 5.22. The van der Waals surface area contributed by atoms with E-state index in [0.717, 1.165) is 31.4 Å². The van der Waals surface area contributed by atoms with Gasteiger partial charge in [0.15, 0.2) is 4.96 Å². The first kappa shape index (κ1) is 15.0. The molecule has 0 aromatic carbocycles. The van der Waals surface area contributed by atoms with Crippen LogP contribution in [0.15, 0.2) is 35.4 Å². The lowest BCUT2D eigenvalue weighted by Gasteiger charge is -2.10. The molecule has 0 spiro atoms. The van der Waals surface area contributed by atoms with Crippen LogP contribution in [-0.2, 0) is 24.2 Å². The Kier molecular flexibility index (Phi) is 3.86. The van der Waals surface area contributed by atoms with Gasteiger partial charge in [-0.2, -0.15) is 0 Å². The van der Waals surface area contributed by atoms with Crippen molar-refractivity contribution in [3.8, 4) is 0 Å². The van der Waals surface area contributed by atoms with E-state index in [1.54, 1.807) is 27.9 Å². The van der Waals surface area contributed by atoms with Crippen LogP contribution in [0.1, 0.15) is 39.5 Å². The van der Waals surface area contributed by atoms with Crippen molar-refractivity contribution in [2.45, 2.75) is 32.3 Å². The first-order chi connectivity index (χ1) is 11.7. The number of ether oxygens (including phenoxy) is 1. The Balaban J connectivity index is 1.59. The third kappa shape index (κ3) is 2.71. The second kappa shape index (κ2) is 6.16. The molecule has 7 heteroatoms. The maximum atomic E-state index is 12.4. The van der Waals surface area contributed by atoms with Gasteiger partial charge >= 0.3 is 5.97 Å². The van der Waals surface area contributed by atoms with E-state index in [2.05, 4.69) is 9.97 Å². The predicted molar refractivity (Wildman–Crippen MR) is 89.3 cm³/mol. The highest BCUT2D eigenvalue weighted by Gasteiger charge is 2.18. The van der Waals surface area contributed by atoms with Crippen molar-refractivity contribution in [2.24, 2.45) is 0 Å². The highest BCUT2D eigenvalue weighted by Crippen LogP contribution is 2.28. The van der Waals surface area contributed by atoms with Crippen LogP contribution >= 0.6 is 11.3 Å². The summed E-state index contributed by atoms with van der Waals surface area (Å²) in [5, 5.41) is 0. The Labute approximate surface area is 141 Å². The average molecular weight is 341 g/mol. The molecule has 0 saturated heterocycles. The van der Waals surface area contributed by atoms with E-state index in [9.17, 15) is 9.59 Å². The van der Waals surface area contributed by atoms with Crippen LogP contribution in [0.3, 0.4) is 0 Å². The largest absolute Gasteiger partial charge is 0.456 e. The number of aryl methyl sites for hydroxylation is 2. The van der Waals surface area contributed by atoms with Gasteiger partial charge in [0, 0.05) is 29.0 Å². The van der Waals surface area contributed by atoms with Crippen molar-refractivity contribution >= 4 is 22.3 Å². The molecular weight excluding hydrogens is 326 g/mol. The molecule has 0 bridgehead atoms. The topological polar surface area (TPSA) is 73.6 Å². The molecule has 24 heavy (non-hydrogen) atoms. The maximum Gasteiger partial charge on any atom is 0.338 e. The fraction of sp³-hybridized carbons (Fsp3) is 0.294. The number of fused-ring (bicyclic) bond motifs is 3. The zero-order valence-electron chi connectivity index (χ0n) is 12.9. The monoisotopic (exact) mass is 341 g/mol. The summed E-state index contributed by atoms with van der Waals surface area (Å²) in [7, 11) is 0. The molecule has 1 aliphatic carbocycles. The van der Waals surface area contributed by atoms with Crippen LogP contribution in [0.2, 0.25) is 0 Å². The molecule has 3 heterocycles. The van der Waals surface area contributed by atoms with Crippen LogP contribution in [0.4, 0.5) is 0 Å². The summed E-state index contributed by atoms with van der Waals surface area (Å²) in [6.45, 7) is -0.0184. The molecule has 0 saturated carbocycles. The molecular formula is C17H15N3O3S. The molecule has 0 N–H and O–H groups in total. The van der Waals surface area contributed by atoms with Gasteiger partial charge in [-0.1, -0.05) is 0 Å². The number of hydrogen-bond donors (Lipinski definition) is 0. The Morgan fingerprint density at radius 3 is 2.88 bits per heavy atom. The Bertz CT molecular complexity index is 962. The number of rotatable bonds is 3. The van der Waals surface area contributed by atoms with Crippen LogP contribution in [0.5, 0.6) is 0 Å². The number of nitrogens with zero attached hydrogens (tertiary/aromatic N) is 3. The zero-order chi connectivity index (χ0) is 16.5. The first-order valence-electron chi connectivity index (χ1n) is 7.83. The first-order valence-corrected chi connectivity index (χ1v) is 8.64. The lowest BCUT2D eigenvalue weighted by atomic mass is 10.0. The second-order valence-corrected chi connectivity index (χ2v) is 6.76. The maximum absolute atomic E-state index is 12.4. The van der Waals surface area contributed by atoms with Gasteiger partial charge in [-0.25, -0.2) is 9.78 Å². The van der Waals surface area contributed by atoms with E-state index in [4.69, 9.17) is 4.74 Å². The van der Waals surface area contributed by atoms with Gasteiger partial charge in [-0.15, -0.1) is 11.3 Å². The minimum atomic E-state index is -0.454. The zero-order valence-corrected chi connectivity index (χ0v) is 13.7. The fourth-order valence-electron chi connectivity index (χ4n) is 2.93. The number of esters is 1. The SMILES string of the molecule is O=C(OCc1cc(=O)n2c3c(sc2n1)CCCC3)c1ccncc1. The van der Waals surface area contributed by atoms with Gasteiger partial charge in [-0.05, 0) is 37.8 Å². The standard InChI is InChI=1S/C17H15N3O3S/c21-15-9-12(10-23-16(22)11-5-7-18-8-6-11)19-17-20(15)13-3-1-2-4-14(13)24-17/h5-9H,1-4,10H2. The van der Waals surface area contributed by atoms with Crippen molar-refractivity contribution in [3.05, 3.63) is 62.8 Å². The normalized spacial score (nSPS) is 13.7. The Morgan fingerprint density at radius 2 is 2.04 bits per heavy atom. The van der Waals surface area contributed by atoms with E-state index in [-0.39, 0.29) is 12.2 Å². The number of thiazole rings is 1. The molecule has 0 unspecified atom stereocenters. The highest BCUT2D eigenvalue weighted by molar-refractivity contribution is 7.17. The molecule has 0 fully saturated rings. The van der Waals surface area contributed by atoms with Crippen LogP contribution in [-0.4, -0.2) is 20.3 Å². The molecule has 3 aromatic rings. The summed E-state index contributed by atoms with van der Waals surface area (Å²) < 4.78 is 6.95. The quantitative estimate of drug-likeness (QED) is 0.684. The lowest BCUT2D eigenvalue weighted by Crippen LogP contribution is -2.18. The minimum absolute atomic E-state index is 0.0184. The van der Waals surface area contributed by atoms with Crippen molar-refractivity contribution in [1.29, 1.82) is 0 Å². The molecule has 122 valence electrons. The average Bonchev–Trinajstić information content (AvgIpc) is 2.99. The van der Waals surface area contributed by atoms with E-state index in [0.29, 0.717) is 16.2 Å². The Hall–Kier alpha value is -2.54. The van der Waals surface area contributed by atoms with E-state index < -0.39 is 5.97 Å². The fourth-order valence-corrected chi connectivity index (χ4v) is 4.16. The number of aromatic nitrogens is 3. The number of hydrogen-bond acceptors (Lipinski definition) is 6. The predicted octanol–water partition coefficient (Wildman–Crippen LogP) is 2.39. The summed E-state index contributed by atoms with van der Waals surface area (Å²) in [6, 6.07) is 4.62. The van der Waals surface area contributed by atoms with Gasteiger partial charge < -0.3 is 4.74 Å². The van der Waals surface area contributed by atoms with Gasteiger partial charge in [0.2, 0.25) is 0 Å². The van der Waals surface area contributed by atoms with Crippen LogP contribution in [0.25, 0.3) is 4.96 Å². The van der Waals surface area contributed by atoms with Crippen molar-refractivity contribution in [2.75, 3.05) is 0 Å². The van der Waals surface area contributed by atoms with Gasteiger partial charge in [0.1, 0.15) is 6.61 Å². The summed E-state index contributed by atoms with van der Waals surface area (Å²) in [5.74, 6) is -0.454. The molecule has 1 aliphatic rings. The minimum Gasteiger partial charge on any atom is -0.456 e. The lowest BCUT2D eigenvalue weighted by molar-refractivity contribution is 0.0467. The van der Waals surface area contributed by atoms with E-state index >= 15 is 0 Å². The van der Waals surface area contributed by atoms with E-state index in [1.165, 1.54) is 23.3 Å². The number of carbonyl (C=O) groups excluding carboxylic acids is 1. The summed E-state index contributed by atoms with van der Waals surface area (Å²) >= 11 is 1.56. The van der Waals surface area contributed by atoms with Gasteiger partial charge in [0.05, 0.1) is 11.3 Å². The summed E-state index contributed by atoms with van der Waals surface area (Å²) in [5.41, 5.74) is 1.89. The highest BCUT2D eigenvalue weighted by atomic mass is 32.1.